The summed E-state index contributed by atoms with van der Waals surface area (Å²) in [5.41, 5.74) is 2.31. The first-order valence-electron chi connectivity index (χ1n) is 12.1. The van der Waals surface area contributed by atoms with Crippen LogP contribution < -0.4 is 18.9 Å². The first-order valence-corrected chi connectivity index (χ1v) is 13.5. The molecule has 1 heterocycles. The molecular formula is C28H32N2O7S. The Morgan fingerprint density at radius 3 is 2.11 bits per heavy atom. The summed E-state index contributed by atoms with van der Waals surface area (Å²) in [5, 5.41) is 0. The SMILES string of the molecule is COc1cc2c(cc1OC)[C@@H](COc1ccccc1OC)N(C(=O)c1ccc(S(=O)(=O)N(C)C)cc1)CC2. The number of carbonyl (C=O) groups excluding carboxylic acids is 1. The molecule has 4 rings (SSSR count). The molecule has 0 saturated heterocycles. The zero-order valence-electron chi connectivity index (χ0n) is 22.1. The summed E-state index contributed by atoms with van der Waals surface area (Å²) in [6.45, 7) is 0.612. The zero-order valence-corrected chi connectivity index (χ0v) is 22.9. The Labute approximate surface area is 223 Å². The highest BCUT2D eigenvalue weighted by Crippen LogP contribution is 2.39. The van der Waals surface area contributed by atoms with Crippen LogP contribution in [-0.2, 0) is 16.4 Å². The number of carbonyl (C=O) groups is 1. The number of fused-ring (bicyclic) bond motifs is 1. The van der Waals surface area contributed by atoms with E-state index in [1.54, 1.807) is 38.4 Å². The van der Waals surface area contributed by atoms with Gasteiger partial charge in [0, 0.05) is 26.2 Å². The lowest BCUT2D eigenvalue weighted by Gasteiger charge is -2.37. The van der Waals surface area contributed by atoms with Gasteiger partial charge in [-0.2, -0.15) is 0 Å². The van der Waals surface area contributed by atoms with E-state index in [-0.39, 0.29) is 17.4 Å². The summed E-state index contributed by atoms with van der Waals surface area (Å²) >= 11 is 0. The number of rotatable bonds is 9. The number of nitrogens with zero attached hydrogens (tertiary/aromatic N) is 2. The molecule has 10 heteroatoms. The molecule has 1 aliphatic heterocycles. The topological polar surface area (TPSA) is 94.6 Å². The van der Waals surface area contributed by atoms with Crippen molar-refractivity contribution in [3.63, 3.8) is 0 Å². The molecule has 0 N–H and O–H groups in total. The lowest BCUT2D eigenvalue weighted by atomic mass is 9.91. The van der Waals surface area contributed by atoms with Gasteiger partial charge in [0.2, 0.25) is 10.0 Å². The average Bonchev–Trinajstić information content (AvgIpc) is 2.94. The summed E-state index contributed by atoms with van der Waals surface area (Å²) in [6.07, 6.45) is 0.611. The maximum absolute atomic E-state index is 13.8. The number of ether oxygens (including phenoxy) is 4. The van der Waals surface area contributed by atoms with Crippen LogP contribution in [0.5, 0.6) is 23.0 Å². The van der Waals surface area contributed by atoms with Crippen LogP contribution in [-0.4, -0.2) is 72.1 Å². The minimum absolute atomic E-state index is 0.121. The van der Waals surface area contributed by atoms with Crippen molar-refractivity contribution < 1.29 is 32.2 Å². The Morgan fingerprint density at radius 2 is 1.50 bits per heavy atom. The first-order chi connectivity index (χ1) is 18.2. The lowest BCUT2D eigenvalue weighted by Crippen LogP contribution is -2.42. The molecule has 1 atom stereocenters. The molecule has 38 heavy (non-hydrogen) atoms. The van der Waals surface area contributed by atoms with Gasteiger partial charge in [-0.05, 0) is 66.1 Å². The van der Waals surface area contributed by atoms with Crippen LogP contribution in [0.2, 0.25) is 0 Å². The third-order valence-electron chi connectivity index (χ3n) is 6.61. The number of hydrogen-bond donors (Lipinski definition) is 0. The van der Waals surface area contributed by atoms with Gasteiger partial charge < -0.3 is 23.8 Å². The number of hydrogen-bond acceptors (Lipinski definition) is 7. The van der Waals surface area contributed by atoms with Gasteiger partial charge in [-0.1, -0.05) is 12.1 Å². The fourth-order valence-electron chi connectivity index (χ4n) is 4.50. The second kappa shape index (κ2) is 11.3. The van der Waals surface area contributed by atoms with Crippen molar-refractivity contribution in [2.75, 3.05) is 48.6 Å². The van der Waals surface area contributed by atoms with Crippen molar-refractivity contribution in [2.45, 2.75) is 17.4 Å². The van der Waals surface area contributed by atoms with Crippen LogP contribution >= 0.6 is 0 Å². The van der Waals surface area contributed by atoms with Gasteiger partial charge in [0.25, 0.3) is 5.91 Å². The molecule has 0 aromatic heterocycles. The van der Waals surface area contributed by atoms with Crippen LogP contribution in [0.25, 0.3) is 0 Å². The van der Waals surface area contributed by atoms with Crippen molar-refractivity contribution in [1.29, 1.82) is 0 Å². The normalized spacial score (nSPS) is 15.1. The number of para-hydroxylation sites is 2. The highest BCUT2D eigenvalue weighted by Gasteiger charge is 2.34. The smallest absolute Gasteiger partial charge is 0.254 e. The van der Waals surface area contributed by atoms with Gasteiger partial charge in [-0.25, -0.2) is 12.7 Å². The first kappa shape index (κ1) is 27.3. The Balaban J connectivity index is 1.70. The average molecular weight is 541 g/mol. The lowest BCUT2D eigenvalue weighted by molar-refractivity contribution is 0.0587. The van der Waals surface area contributed by atoms with Crippen molar-refractivity contribution in [3.8, 4) is 23.0 Å². The van der Waals surface area contributed by atoms with Gasteiger partial charge in [0.05, 0.1) is 32.3 Å². The van der Waals surface area contributed by atoms with E-state index >= 15 is 0 Å². The van der Waals surface area contributed by atoms with E-state index in [0.717, 1.165) is 15.4 Å². The van der Waals surface area contributed by atoms with E-state index in [9.17, 15) is 13.2 Å². The summed E-state index contributed by atoms with van der Waals surface area (Å²) in [5.74, 6) is 2.10. The molecule has 0 spiro atoms. The van der Waals surface area contributed by atoms with E-state index < -0.39 is 16.1 Å². The number of amides is 1. The predicted molar refractivity (Wildman–Crippen MR) is 143 cm³/mol. The minimum Gasteiger partial charge on any atom is -0.493 e. The van der Waals surface area contributed by atoms with Crippen molar-refractivity contribution in [2.24, 2.45) is 0 Å². The Kier molecular flexibility index (Phi) is 8.13. The highest BCUT2D eigenvalue weighted by atomic mass is 32.2. The predicted octanol–water partition coefficient (Wildman–Crippen LogP) is 3.78. The molecule has 0 radical (unpaired) electrons. The number of benzene rings is 3. The zero-order chi connectivity index (χ0) is 27.4. The molecule has 1 aliphatic rings. The van der Waals surface area contributed by atoms with Crippen LogP contribution in [0.3, 0.4) is 0 Å². The largest absolute Gasteiger partial charge is 0.493 e. The third-order valence-corrected chi connectivity index (χ3v) is 8.44. The minimum atomic E-state index is -3.60. The van der Waals surface area contributed by atoms with Gasteiger partial charge in [-0.3, -0.25) is 4.79 Å². The molecule has 202 valence electrons. The summed E-state index contributed by atoms with van der Waals surface area (Å²) in [6, 6.07) is 16.7. The van der Waals surface area contributed by atoms with E-state index in [2.05, 4.69) is 0 Å². The Bertz CT molecular complexity index is 1410. The molecule has 0 saturated carbocycles. The quantitative estimate of drug-likeness (QED) is 0.408. The van der Waals surface area contributed by atoms with Crippen LogP contribution in [0.15, 0.2) is 65.6 Å². The molecule has 0 aliphatic carbocycles. The molecule has 1 amide bonds. The van der Waals surface area contributed by atoms with E-state index in [1.807, 2.05) is 36.4 Å². The second-order valence-corrected chi connectivity index (χ2v) is 11.1. The number of sulfonamides is 1. The number of methoxy groups -OCH3 is 3. The van der Waals surface area contributed by atoms with Crippen LogP contribution in [0.1, 0.15) is 27.5 Å². The highest BCUT2D eigenvalue weighted by molar-refractivity contribution is 7.89. The molecule has 0 fully saturated rings. The molecule has 3 aromatic carbocycles. The maximum Gasteiger partial charge on any atom is 0.254 e. The van der Waals surface area contributed by atoms with Gasteiger partial charge in [0.1, 0.15) is 6.61 Å². The molecule has 0 unspecified atom stereocenters. The van der Waals surface area contributed by atoms with Crippen LogP contribution in [0, 0.1) is 0 Å². The van der Waals surface area contributed by atoms with Gasteiger partial charge >= 0.3 is 0 Å². The standard InChI is InChI=1S/C28H32N2O7S/c1-29(2)38(32,33)21-12-10-19(11-13-21)28(31)30-15-14-20-16-26(35-4)27(36-5)17-22(20)23(30)18-37-25-9-7-6-8-24(25)34-3/h6-13,16-17,23H,14-15,18H2,1-5H3/t23-/m1/s1. The molecule has 0 bridgehead atoms. The Hall–Kier alpha value is -3.76. The summed E-state index contributed by atoms with van der Waals surface area (Å²) in [4.78, 5) is 15.6. The molecular weight excluding hydrogens is 508 g/mol. The van der Waals surface area contributed by atoms with E-state index in [1.165, 1.54) is 26.2 Å². The van der Waals surface area contributed by atoms with E-state index in [4.69, 9.17) is 18.9 Å². The summed E-state index contributed by atoms with van der Waals surface area (Å²) < 4.78 is 48.7. The molecule has 3 aromatic rings. The monoisotopic (exact) mass is 540 g/mol. The Morgan fingerprint density at radius 1 is 0.895 bits per heavy atom. The van der Waals surface area contributed by atoms with Crippen molar-refractivity contribution >= 4 is 15.9 Å². The fraction of sp³-hybridized carbons (Fsp3) is 0.321. The second-order valence-electron chi connectivity index (χ2n) is 8.94. The van der Waals surface area contributed by atoms with Gasteiger partial charge in [-0.15, -0.1) is 0 Å². The van der Waals surface area contributed by atoms with Crippen molar-refractivity contribution in [1.82, 2.24) is 9.21 Å². The third kappa shape index (κ3) is 5.27. The fourth-order valence-corrected chi connectivity index (χ4v) is 5.41. The van der Waals surface area contributed by atoms with Gasteiger partial charge in [0.15, 0.2) is 23.0 Å². The maximum atomic E-state index is 13.8. The molecule has 9 nitrogen and oxygen atoms in total. The van der Waals surface area contributed by atoms with Crippen LogP contribution in [0.4, 0.5) is 0 Å². The summed E-state index contributed by atoms with van der Waals surface area (Å²) in [7, 11) is 4.06. The van der Waals surface area contributed by atoms with Crippen molar-refractivity contribution in [3.05, 3.63) is 77.4 Å². The van der Waals surface area contributed by atoms with E-state index in [0.29, 0.717) is 41.5 Å².